The third kappa shape index (κ3) is 4.56. The van der Waals surface area contributed by atoms with Gasteiger partial charge in [-0.25, -0.2) is 18.4 Å². The minimum atomic E-state index is -3.73. The van der Waals surface area contributed by atoms with Crippen molar-refractivity contribution >= 4 is 27.2 Å². The predicted molar refractivity (Wildman–Crippen MR) is 126 cm³/mol. The first-order chi connectivity index (χ1) is 16.0. The summed E-state index contributed by atoms with van der Waals surface area (Å²) in [6.45, 7) is 6.04. The molecule has 4 rings (SSSR count). The zero-order valence-corrected chi connectivity index (χ0v) is 20.4. The monoisotopic (exact) mass is 489 g/mol. The van der Waals surface area contributed by atoms with Crippen molar-refractivity contribution in [2.45, 2.75) is 43.3 Å². The number of rotatable bonds is 7. The van der Waals surface area contributed by atoms with E-state index in [0.717, 1.165) is 6.42 Å². The number of pyridine rings is 2. The van der Waals surface area contributed by atoms with Crippen LogP contribution in [0.15, 0.2) is 35.5 Å². The van der Waals surface area contributed by atoms with Gasteiger partial charge in [-0.1, -0.05) is 0 Å². The predicted octanol–water partition coefficient (Wildman–Crippen LogP) is 3.05. The second-order valence-corrected chi connectivity index (χ2v) is 12.0. The average molecular weight is 490 g/mol. The van der Waals surface area contributed by atoms with E-state index in [0.29, 0.717) is 42.2 Å². The lowest BCUT2D eigenvalue weighted by Crippen LogP contribution is -2.28. The summed E-state index contributed by atoms with van der Waals surface area (Å²) in [6, 6.07) is 4.51. The normalized spacial score (nSPS) is 16.6. The molecule has 9 nitrogen and oxygen atoms in total. The lowest BCUT2D eigenvalue weighted by Gasteiger charge is -2.21. The van der Waals surface area contributed by atoms with Gasteiger partial charge in [0.2, 0.25) is 11.9 Å². The summed E-state index contributed by atoms with van der Waals surface area (Å²) in [5.41, 5.74) is 1.47. The molecule has 34 heavy (non-hydrogen) atoms. The number of carbonyl (C=O) groups excluding carboxylic acids is 1. The van der Waals surface area contributed by atoms with Crippen molar-refractivity contribution in [1.82, 2.24) is 19.7 Å². The van der Waals surface area contributed by atoms with Crippen LogP contribution in [0.2, 0.25) is 0 Å². The Hall–Kier alpha value is -3.21. The van der Waals surface area contributed by atoms with Crippen LogP contribution < -0.4 is 15.4 Å². The van der Waals surface area contributed by atoms with Crippen molar-refractivity contribution in [3.05, 3.63) is 36.5 Å². The van der Waals surface area contributed by atoms with Crippen molar-refractivity contribution < 1.29 is 22.3 Å². The summed E-state index contributed by atoms with van der Waals surface area (Å²) in [5, 5.41) is 5.92. The molecule has 3 aromatic rings. The Morgan fingerprint density at radius 1 is 1.29 bits per heavy atom. The molecule has 182 valence electrons. The number of imidazole rings is 1. The summed E-state index contributed by atoms with van der Waals surface area (Å²) in [5.74, 6) is 0.155. The van der Waals surface area contributed by atoms with E-state index in [9.17, 15) is 17.6 Å². The van der Waals surface area contributed by atoms with Gasteiger partial charge in [0, 0.05) is 43.4 Å². The first kappa shape index (κ1) is 23.9. The Morgan fingerprint density at radius 3 is 2.71 bits per heavy atom. The highest BCUT2D eigenvalue weighted by molar-refractivity contribution is 7.92. The number of sulfone groups is 1. The number of methoxy groups -OCH3 is 1. The second kappa shape index (κ2) is 8.86. The van der Waals surface area contributed by atoms with E-state index in [1.54, 1.807) is 43.5 Å². The number of ether oxygens (including phenoxy) is 1. The van der Waals surface area contributed by atoms with Crippen LogP contribution in [-0.4, -0.2) is 53.6 Å². The molecule has 1 saturated heterocycles. The number of amides is 1. The molecule has 3 aromatic heterocycles. The maximum Gasteiger partial charge on any atom is 0.220 e. The molecule has 1 fully saturated rings. The van der Waals surface area contributed by atoms with Gasteiger partial charge in [-0.15, -0.1) is 0 Å². The topological polar surface area (TPSA) is 115 Å². The van der Waals surface area contributed by atoms with E-state index in [1.807, 2.05) is 0 Å². The van der Waals surface area contributed by atoms with Gasteiger partial charge >= 0.3 is 0 Å². The average Bonchev–Trinajstić information content (AvgIpc) is 3.37. The highest BCUT2D eigenvalue weighted by Gasteiger charge is 2.34. The van der Waals surface area contributed by atoms with Crippen molar-refractivity contribution in [1.29, 1.82) is 0 Å². The lowest BCUT2D eigenvalue weighted by molar-refractivity contribution is -0.119. The third-order valence-electron chi connectivity index (χ3n) is 5.90. The molecule has 11 heteroatoms. The third-order valence-corrected chi connectivity index (χ3v) is 8.40. The van der Waals surface area contributed by atoms with Gasteiger partial charge in [-0.2, -0.15) is 4.39 Å². The molecular weight excluding hydrogens is 461 g/mol. The summed E-state index contributed by atoms with van der Waals surface area (Å²) in [7, 11) is -2.32. The Labute approximate surface area is 197 Å². The molecule has 1 aliphatic rings. The van der Waals surface area contributed by atoms with E-state index >= 15 is 0 Å². The Bertz CT molecular complexity index is 1350. The molecule has 0 spiro atoms. The molecule has 2 N–H and O–H groups in total. The summed E-state index contributed by atoms with van der Waals surface area (Å²) in [4.78, 5) is 19.6. The van der Waals surface area contributed by atoms with Crippen LogP contribution in [0.1, 0.15) is 33.6 Å². The summed E-state index contributed by atoms with van der Waals surface area (Å²) in [6.07, 6.45) is 4.26. The quantitative estimate of drug-likeness (QED) is 0.490. The van der Waals surface area contributed by atoms with Crippen LogP contribution >= 0.6 is 0 Å². The molecular formula is C23H28FN5O4S. The number of aromatic nitrogens is 3. The van der Waals surface area contributed by atoms with Gasteiger partial charge in [-0.3, -0.25) is 9.20 Å². The molecule has 0 aromatic carbocycles. The van der Waals surface area contributed by atoms with E-state index < -0.39 is 20.5 Å². The number of nitrogens with one attached hydrogen (secondary N) is 2. The largest absolute Gasteiger partial charge is 0.495 e. The molecule has 1 amide bonds. The van der Waals surface area contributed by atoms with Crippen LogP contribution in [-0.2, 0) is 14.6 Å². The van der Waals surface area contributed by atoms with Gasteiger partial charge < -0.3 is 15.4 Å². The van der Waals surface area contributed by atoms with E-state index in [2.05, 4.69) is 20.6 Å². The highest BCUT2D eigenvalue weighted by atomic mass is 32.2. The van der Waals surface area contributed by atoms with Crippen LogP contribution in [0, 0.1) is 11.9 Å². The lowest BCUT2D eigenvalue weighted by atomic mass is 10.1. The molecule has 1 aliphatic heterocycles. The van der Waals surface area contributed by atoms with Gasteiger partial charge in [0.1, 0.15) is 22.1 Å². The molecule has 0 saturated carbocycles. The number of hydrogen-bond acceptors (Lipinski definition) is 7. The van der Waals surface area contributed by atoms with Crippen molar-refractivity contribution in [2.75, 3.05) is 25.5 Å². The Morgan fingerprint density at radius 2 is 2.06 bits per heavy atom. The number of carbonyl (C=O) groups is 1. The Balaban J connectivity index is 1.68. The number of nitrogens with zero attached hydrogens (tertiary/aromatic N) is 3. The Kier molecular flexibility index (Phi) is 6.24. The standard InChI is InChI=1S/C23H28FN5O4S/c1-23(2,3)34(31,32)18-13-29-16(12-26-21(29)10-17(18)33-4)15-8-19(24)28-20(9-15)25-6-5-14-7-22(30)27-11-14/h8-10,12-14H,5-7,11H2,1-4H3,(H,25,28)(H,27,30)/t14-/m1/s1. The molecule has 4 heterocycles. The number of hydrogen-bond donors (Lipinski definition) is 2. The van der Waals surface area contributed by atoms with Crippen LogP contribution in [0.4, 0.5) is 10.2 Å². The SMILES string of the molecule is COc1cc2ncc(-c3cc(F)nc(NCC[C@H]4CNC(=O)C4)c3)n2cc1S(=O)(=O)C(C)(C)C. The molecule has 0 bridgehead atoms. The van der Waals surface area contributed by atoms with Crippen LogP contribution in [0.5, 0.6) is 5.75 Å². The maximum atomic E-state index is 14.4. The van der Waals surface area contributed by atoms with Crippen molar-refractivity contribution in [3.8, 4) is 17.0 Å². The molecule has 0 unspecified atom stereocenters. The molecule has 0 radical (unpaired) electrons. The first-order valence-corrected chi connectivity index (χ1v) is 12.5. The highest BCUT2D eigenvalue weighted by Crippen LogP contribution is 2.34. The van der Waals surface area contributed by atoms with E-state index in [4.69, 9.17) is 4.74 Å². The van der Waals surface area contributed by atoms with E-state index in [1.165, 1.54) is 19.4 Å². The fourth-order valence-electron chi connectivity index (χ4n) is 3.90. The van der Waals surface area contributed by atoms with Crippen LogP contribution in [0.25, 0.3) is 16.9 Å². The van der Waals surface area contributed by atoms with Gasteiger partial charge in [0.15, 0.2) is 9.84 Å². The molecule has 0 aliphatic carbocycles. The minimum absolute atomic E-state index is 0.0295. The summed E-state index contributed by atoms with van der Waals surface area (Å²) < 4.78 is 46.7. The fourth-order valence-corrected chi connectivity index (χ4v) is 5.21. The molecule has 1 atom stereocenters. The van der Waals surface area contributed by atoms with Gasteiger partial charge in [0.05, 0.1) is 23.7 Å². The zero-order chi connectivity index (χ0) is 24.7. The first-order valence-electron chi connectivity index (χ1n) is 11.0. The van der Waals surface area contributed by atoms with Crippen molar-refractivity contribution in [3.63, 3.8) is 0 Å². The van der Waals surface area contributed by atoms with Crippen molar-refractivity contribution in [2.24, 2.45) is 5.92 Å². The van der Waals surface area contributed by atoms with E-state index in [-0.39, 0.29) is 22.5 Å². The maximum absolute atomic E-state index is 14.4. The second-order valence-electron chi connectivity index (χ2n) is 9.35. The fraction of sp³-hybridized carbons (Fsp3) is 0.435. The minimum Gasteiger partial charge on any atom is -0.495 e. The van der Waals surface area contributed by atoms with Gasteiger partial charge in [-0.05, 0) is 39.2 Å². The number of fused-ring (bicyclic) bond motifs is 1. The summed E-state index contributed by atoms with van der Waals surface area (Å²) >= 11 is 0. The number of halogens is 1. The zero-order valence-electron chi connectivity index (χ0n) is 19.6. The van der Waals surface area contributed by atoms with Crippen LogP contribution in [0.3, 0.4) is 0 Å². The number of anilines is 1. The smallest absolute Gasteiger partial charge is 0.220 e. The van der Waals surface area contributed by atoms with Gasteiger partial charge in [0.25, 0.3) is 0 Å².